The lowest BCUT2D eigenvalue weighted by Crippen LogP contribution is -2.42. The van der Waals surface area contributed by atoms with Crippen molar-refractivity contribution in [1.29, 1.82) is 0 Å². The van der Waals surface area contributed by atoms with E-state index in [9.17, 15) is 0 Å². The average Bonchev–Trinajstić information content (AvgIpc) is 2.18. The molecule has 0 fully saturated rings. The molecule has 0 aliphatic heterocycles. The summed E-state index contributed by atoms with van der Waals surface area (Å²) in [5, 5.41) is 8.99. The Kier molecular flexibility index (Phi) is 9.23. The summed E-state index contributed by atoms with van der Waals surface area (Å²) < 4.78 is 15.1. The Hall–Kier alpha value is -0.200. The quantitative estimate of drug-likeness (QED) is 0.493. The molecule has 0 spiro atoms. The van der Waals surface area contributed by atoms with E-state index in [1.807, 2.05) is 0 Å². The number of ether oxygens (including phenoxy) is 3. The molecule has 0 radical (unpaired) electrons. The van der Waals surface area contributed by atoms with Crippen LogP contribution in [-0.4, -0.2) is 57.9 Å². The van der Waals surface area contributed by atoms with Gasteiger partial charge < -0.3 is 25.1 Å². The highest BCUT2D eigenvalue weighted by atomic mass is 16.5. The number of rotatable bonds is 9. The highest BCUT2D eigenvalue weighted by Crippen LogP contribution is 1.98. The molecule has 0 amide bonds. The van der Waals surface area contributed by atoms with Crippen LogP contribution in [0.2, 0.25) is 0 Å². The minimum atomic E-state index is -0.355. The monoisotopic (exact) mass is 207 g/mol. The van der Waals surface area contributed by atoms with Crippen LogP contribution in [0.1, 0.15) is 6.42 Å². The third-order valence-corrected chi connectivity index (χ3v) is 1.84. The van der Waals surface area contributed by atoms with Gasteiger partial charge in [0, 0.05) is 27.4 Å². The molecule has 0 bridgehead atoms. The highest BCUT2D eigenvalue weighted by molar-refractivity contribution is 4.71. The molecule has 14 heavy (non-hydrogen) atoms. The van der Waals surface area contributed by atoms with E-state index < -0.39 is 0 Å². The molecule has 86 valence electrons. The standard InChI is InChI=1S/C9H21NO4/c1-12-4-3-5-14-9(6-11)8(10)7-13-2/h8-9,11H,3-7,10H2,1-2H3. The molecule has 2 atom stereocenters. The fraction of sp³-hybridized carbons (Fsp3) is 1.00. The van der Waals surface area contributed by atoms with Crippen molar-refractivity contribution < 1.29 is 19.3 Å². The van der Waals surface area contributed by atoms with Crippen molar-refractivity contribution >= 4 is 0 Å². The first-order valence-electron chi connectivity index (χ1n) is 4.72. The van der Waals surface area contributed by atoms with E-state index in [2.05, 4.69) is 0 Å². The maximum absolute atomic E-state index is 8.99. The first-order chi connectivity index (χ1) is 6.76. The number of aliphatic hydroxyl groups is 1. The van der Waals surface area contributed by atoms with Crippen LogP contribution in [0, 0.1) is 0 Å². The Labute approximate surface area is 85.1 Å². The third kappa shape index (κ3) is 6.28. The summed E-state index contributed by atoms with van der Waals surface area (Å²) in [6, 6.07) is -0.285. The van der Waals surface area contributed by atoms with Gasteiger partial charge >= 0.3 is 0 Å². The largest absolute Gasteiger partial charge is 0.394 e. The summed E-state index contributed by atoms with van der Waals surface area (Å²) in [6.45, 7) is 1.49. The molecule has 5 heteroatoms. The molecule has 5 nitrogen and oxygen atoms in total. The molecule has 2 unspecified atom stereocenters. The van der Waals surface area contributed by atoms with E-state index in [0.717, 1.165) is 6.42 Å². The van der Waals surface area contributed by atoms with Crippen LogP contribution in [-0.2, 0) is 14.2 Å². The van der Waals surface area contributed by atoms with Gasteiger partial charge in [-0.25, -0.2) is 0 Å². The minimum absolute atomic E-state index is 0.0858. The predicted molar refractivity (Wildman–Crippen MR) is 53.2 cm³/mol. The zero-order chi connectivity index (χ0) is 10.8. The number of hydrogen-bond acceptors (Lipinski definition) is 5. The summed E-state index contributed by atoms with van der Waals surface area (Å²) in [4.78, 5) is 0. The summed E-state index contributed by atoms with van der Waals surface area (Å²) >= 11 is 0. The molecule has 0 aromatic carbocycles. The van der Waals surface area contributed by atoms with Gasteiger partial charge in [-0.15, -0.1) is 0 Å². The molecule has 0 rings (SSSR count). The smallest absolute Gasteiger partial charge is 0.0978 e. The Morgan fingerprint density at radius 1 is 1.21 bits per heavy atom. The Morgan fingerprint density at radius 3 is 2.43 bits per heavy atom. The molecular weight excluding hydrogens is 186 g/mol. The van der Waals surface area contributed by atoms with Crippen LogP contribution in [0.25, 0.3) is 0 Å². The van der Waals surface area contributed by atoms with Gasteiger partial charge in [-0.05, 0) is 6.42 Å². The number of hydrogen-bond donors (Lipinski definition) is 2. The third-order valence-electron chi connectivity index (χ3n) is 1.84. The number of methoxy groups -OCH3 is 2. The molecule has 0 saturated heterocycles. The van der Waals surface area contributed by atoms with E-state index in [1.54, 1.807) is 14.2 Å². The van der Waals surface area contributed by atoms with Gasteiger partial charge in [0.25, 0.3) is 0 Å². The molecule has 0 heterocycles. The molecule has 0 aliphatic rings. The van der Waals surface area contributed by atoms with Gasteiger partial charge in [-0.2, -0.15) is 0 Å². The van der Waals surface area contributed by atoms with Gasteiger partial charge in [-0.3, -0.25) is 0 Å². The number of nitrogens with two attached hydrogens (primary N) is 1. The average molecular weight is 207 g/mol. The topological polar surface area (TPSA) is 73.9 Å². The maximum Gasteiger partial charge on any atom is 0.0978 e. The lowest BCUT2D eigenvalue weighted by atomic mass is 10.2. The molecule has 3 N–H and O–H groups in total. The molecular formula is C9H21NO4. The van der Waals surface area contributed by atoms with Crippen molar-refractivity contribution in [1.82, 2.24) is 0 Å². The van der Waals surface area contributed by atoms with E-state index >= 15 is 0 Å². The van der Waals surface area contributed by atoms with Gasteiger partial charge in [-0.1, -0.05) is 0 Å². The van der Waals surface area contributed by atoms with E-state index in [1.165, 1.54) is 0 Å². The molecule has 0 aliphatic carbocycles. The second kappa shape index (κ2) is 9.36. The van der Waals surface area contributed by atoms with Gasteiger partial charge in [0.05, 0.1) is 25.4 Å². The molecule has 0 aromatic rings. The van der Waals surface area contributed by atoms with Crippen LogP contribution >= 0.6 is 0 Å². The van der Waals surface area contributed by atoms with Gasteiger partial charge in [0.15, 0.2) is 0 Å². The maximum atomic E-state index is 8.99. The van der Waals surface area contributed by atoms with Crippen molar-refractivity contribution in [3.63, 3.8) is 0 Å². The molecule has 0 aromatic heterocycles. The Morgan fingerprint density at radius 2 is 1.93 bits per heavy atom. The zero-order valence-electron chi connectivity index (χ0n) is 8.94. The summed E-state index contributed by atoms with van der Waals surface area (Å²) in [7, 11) is 3.21. The minimum Gasteiger partial charge on any atom is -0.394 e. The normalized spacial score (nSPS) is 15.4. The van der Waals surface area contributed by atoms with E-state index in [-0.39, 0.29) is 18.8 Å². The van der Waals surface area contributed by atoms with Gasteiger partial charge in [0.1, 0.15) is 0 Å². The van der Waals surface area contributed by atoms with Crippen molar-refractivity contribution in [3.05, 3.63) is 0 Å². The zero-order valence-corrected chi connectivity index (χ0v) is 8.94. The van der Waals surface area contributed by atoms with Crippen molar-refractivity contribution in [2.75, 3.05) is 40.6 Å². The highest BCUT2D eigenvalue weighted by Gasteiger charge is 2.16. The van der Waals surface area contributed by atoms with Crippen LogP contribution in [0.5, 0.6) is 0 Å². The van der Waals surface area contributed by atoms with E-state index in [0.29, 0.717) is 19.8 Å². The van der Waals surface area contributed by atoms with Gasteiger partial charge in [0.2, 0.25) is 0 Å². The van der Waals surface area contributed by atoms with Crippen LogP contribution in [0.3, 0.4) is 0 Å². The van der Waals surface area contributed by atoms with Crippen LogP contribution < -0.4 is 5.73 Å². The van der Waals surface area contributed by atoms with Crippen LogP contribution in [0.4, 0.5) is 0 Å². The Balaban J connectivity index is 3.56. The summed E-state index contributed by atoms with van der Waals surface area (Å²) in [5.41, 5.74) is 5.71. The first kappa shape index (κ1) is 13.8. The lowest BCUT2D eigenvalue weighted by Gasteiger charge is -2.21. The first-order valence-corrected chi connectivity index (χ1v) is 4.72. The second-order valence-electron chi connectivity index (χ2n) is 3.06. The predicted octanol–water partition coefficient (Wildman–Crippen LogP) is -0.626. The SMILES string of the molecule is COCCCOC(CO)C(N)COC. The Bertz CT molecular complexity index is 123. The summed E-state index contributed by atoms with van der Waals surface area (Å²) in [6.07, 6.45) is 0.444. The fourth-order valence-electron chi connectivity index (χ4n) is 1.05. The number of aliphatic hydroxyl groups excluding tert-OH is 1. The van der Waals surface area contributed by atoms with Crippen LogP contribution in [0.15, 0.2) is 0 Å². The lowest BCUT2D eigenvalue weighted by molar-refractivity contribution is -0.0231. The fourth-order valence-corrected chi connectivity index (χ4v) is 1.05. The van der Waals surface area contributed by atoms with Crippen molar-refractivity contribution in [2.45, 2.75) is 18.6 Å². The van der Waals surface area contributed by atoms with E-state index in [4.69, 9.17) is 25.1 Å². The molecule has 0 saturated carbocycles. The van der Waals surface area contributed by atoms with Crippen molar-refractivity contribution in [2.24, 2.45) is 5.73 Å². The summed E-state index contributed by atoms with van der Waals surface area (Å²) in [5.74, 6) is 0. The second-order valence-corrected chi connectivity index (χ2v) is 3.06. The van der Waals surface area contributed by atoms with Crippen molar-refractivity contribution in [3.8, 4) is 0 Å².